The summed E-state index contributed by atoms with van der Waals surface area (Å²) in [6.07, 6.45) is 1.06. The Bertz CT molecular complexity index is 734. The second-order valence-corrected chi connectivity index (χ2v) is 6.23. The van der Waals surface area contributed by atoms with E-state index in [1.54, 1.807) is 0 Å². The third-order valence-corrected chi connectivity index (χ3v) is 4.13. The molecule has 1 aromatic carbocycles. The van der Waals surface area contributed by atoms with Crippen LogP contribution < -0.4 is 10.1 Å². The van der Waals surface area contributed by atoms with E-state index in [0.29, 0.717) is 6.10 Å². The average molecular weight is 421 g/mol. The highest BCUT2D eigenvalue weighted by molar-refractivity contribution is 9.10. The number of carboxylic acid groups (broad SMARTS) is 1. The first kappa shape index (κ1) is 19.5. The zero-order chi connectivity index (χ0) is 18.4. The van der Waals surface area contributed by atoms with E-state index in [9.17, 15) is 13.2 Å². The molecule has 0 unspecified atom stereocenters. The summed E-state index contributed by atoms with van der Waals surface area (Å²) < 4.78 is 38.8. The number of aliphatic carboxylic acids is 1. The number of halogens is 4. The number of carboxylic acids is 1. The second-order valence-electron chi connectivity index (χ2n) is 5.38. The van der Waals surface area contributed by atoms with Crippen LogP contribution in [0.5, 0.6) is 5.75 Å². The largest absolute Gasteiger partial charge is 0.490 e. The Morgan fingerprint density at radius 3 is 2.52 bits per heavy atom. The van der Waals surface area contributed by atoms with Gasteiger partial charge in [-0.3, -0.25) is 4.98 Å². The number of fused-ring (bicyclic) bond motifs is 1. The summed E-state index contributed by atoms with van der Waals surface area (Å²) >= 11 is 3.58. The van der Waals surface area contributed by atoms with E-state index in [0.717, 1.165) is 46.9 Å². The van der Waals surface area contributed by atoms with E-state index in [4.69, 9.17) is 14.6 Å². The van der Waals surface area contributed by atoms with Crippen LogP contribution in [-0.4, -0.2) is 41.4 Å². The molecule has 5 nitrogen and oxygen atoms in total. The number of piperidine rings is 1. The molecule has 136 valence electrons. The molecular formula is C16H16BrF3N2O3. The summed E-state index contributed by atoms with van der Waals surface area (Å²) in [6.45, 7) is 2.08. The zero-order valence-corrected chi connectivity index (χ0v) is 14.6. The molecule has 1 saturated heterocycles. The summed E-state index contributed by atoms with van der Waals surface area (Å²) in [5.41, 5.74) is 0. The highest BCUT2D eigenvalue weighted by atomic mass is 79.9. The number of alkyl halides is 3. The lowest BCUT2D eigenvalue weighted by Gasteiger charge is -2.24. The molecule has 1 aromatic heterocycles. The quantitative estimate of drug-likeness (QED) is 0.773. The van der Waals surface area contributed by atoms with Crippen molar-refractivity contribution in [3.05, 3.63) is 35.1 Å². The molecule has 0 saturated carbocycles. The first-order valence-electron chi connectivity index (χ1n) is 7.48. The molecule has 0 atom stereocenters. The number of rotatable bonds is 2. The van der Waals surface area contributed by atoms with Crippen LogP contribution in [0.15, 0.2) is 35.1 Å². The molecule has 2 N–H and O–H groups in total. The summed E-state index contributed by atoms with van der Waals surface area (Å²) in [7, 11) is 0. The monoisotopic (exact) mass is 420 g/mol. The second kappa shape index (κ2) is 8.48. The zero-order valence-electron chi connectivity index (χ0n) is 13.0. The van der Waals surface area contributed by atoms with Gasteiger partial charge in [0.15, 0.2) is 0 Å². The van der Waals surface area contributed by atoms with Crippen molar-refractivity contribution in [2.24, 2.45) is 0 Å². The van der Waals surface area contributed by atoms with Crippen molar-refractivity contribution < 1.29 is 27.8 Å². The van der Waals surface area contributed by atoms with Crippen LogP contribution in [0.1, 0.15) is 12.8 Å². The van der Waals surface area contributed by atoms with Gasteiger partial charge in [0.1, 0.15) is 11.9 Å². The highest BCUT2D eigenvalue weighted by Gasteiger charge is 2.38. The first-order valence-corrected chi connectivity index (χ1v) is 8.27. The minimum Gasteiger partial charge on any atom is -0.489 e. The molecule has 1 aliphatic rings. The number of benzene rings is 1. The fraction of sp³-hybridized carbons (Fsp3) is 0.375. The summed E-state index contributed by atoms with van der Waals surface area (Å²) in [6, 6.07) is 6.17. The molecular weight excluding hydrogens is 405 g/mol. The minimum atomic E-state index is -5.08. The van der Waals surface area contributed by atoms with Gasteiger partial charge in [0.2, 0.25) is 0 Å². The average Bonchev–Trinajstić information content (AvgIpc) is 2.56. The van der Waals surface area contributed by atoms with Gasteiger partial charge in [0, 0.05) is 17.8 Å². The third kappa shape index (κ3) is 5.86. The molecule has 0 radical (unpaired) electrons. The van der Waals surface area contributed by atoms with Crippen LogP contribution in [0.4, 0.5) is 13.2 Å². The number of aromatic nitrogens is 1. The van der Waals surface area contributed by atoms with Gasteiger partial charge in [-0.15, -0.1) is 0 Å². The maximum absolute atomic E-state index is 10.6. The van der Waals surface area contributed by atoms with Gasteiger partial charge in [0.05, 0.1) is 4.47 Å². The first-order chi connectivity index (χ1) is 11.8. The number of hydrogen-bond acceptors (Lipinski definition) is 4. The molecule has 1 fully saturated rings. The molecule has 1 aliphatic heterocycles. The topological polar surface area (TPSA) is 71.5 Å². The predicted octanol–water partition coefficient (Wildman–Crippen LogP) is 3.76. The molecule has 2 heterocycles. The maximum Gasteiger partial charge on any atom is 0.490 e. The van der Waals surface area contributed by atoms with Crippen LogP contribution in [-0.2, 0) is 4.79 Å². The maximum atomic E-state index is 10.6. The molecule has 0 spiro atoms. The molecule has 0 amide bonds. The van der Waals surface area contributed by atoms with E-state index in [-0.39, 0.29) is 0 Å². The lowest BCUT2D eigenvalue weighted by Crippen LogP contribution is -2.34. The molecule has 25 heavy (non-hydrogen) atoms. The minimum absolute atomic E-state index is 0.321. The normalized spacial score (nSPS) is 15.4. The van der Waals surface area contributed by atoms with E-state index < -0.39 is 12.1 Å². The lowest BCUT2D eigenvalue weighted by atomic mass is 10.1. The van der Waals surface area contributed by atoms with Gasteiger partial charge in [-0.2, -0.15) is 13.2 Å². The summed E-state index contributed by atoms with van der Waals surface area (Å²) in [5.74, 6) is -1.83. The van der Waals surface area contributed by atoms with E-state index >= 15 is 0 Å². The summed E-state index contributed by atoms with van der Waals surface area (Å²) in [4.78, 5) is 13.0. The fourth-order valence-corrected chi connectivity index (χ4v) is 2.73. The number of hydrogen-bond donors (Lipinski definition) is 2. The Morgan fingerprint density at radius 2 is 1.92 bits per heavy atom. The van der Waals surface area contributed by atoms with Crippen molar-refractivity contribution in [3.63, 3.8) is 0 Å². The van der Waals surface area contributed by atoms with E-state index in [2.05, 4.69) is 38.4 Å². The number of pyridine rings is 1. The van der Waals surface area contributed by atoms with E-state index in [1.165, 1.54) is 0 Å². The molecule has 0 bridgehead atoms. The van der Waals surface area contributed by atoms with E-state index in [1.807, 2.05) is 18.5 Å². The third-order valence-electron chi connectivity index (χ3n) is 3.51. The van der Waals surface area contributed by atoms with Crippen molar-refractivity contribution in [1.29, 1.82) is 0 Å². The molecule has 2 aromatic rings. The standard InChI is InChI=1S/C14H15BrN2O.C2HF3O2/c15-13-7-11-9-17-4-1-10(11)8-14(13)18-12-2-5-16-6-3-12;3-2(4,5)1(6)7/h1,4,7-9,12,16H,2-3,5-6H2;(H,6,7). The smallest absolute Gasteiger partial charge is 0.489 e. The van der Waals surface area contributed by atoms with Crippen LogP contribution >= 0.6 is 15.9 Å². The Morgan fingerprint density at radius 1 is 1.28 bits per heavy atom. The van der Waals surface area contributed by atoms with Crippen LogP contribution in [0.25, 0.3) is 10.8 Å². The SMILES string of the molecule is Brc1cc2cnccc2cc1OC1CCNCC1.O=C(O)C(F)(F)F. The van der Waals surface area contributed by atoms with Crippen LogP contribution in [0.3, 0.4) is 0 Å². The van der Waals surface area contributed by atoms with Gasteiger partial charge in [-0.1, -0.05) is 0 Å². The number of ether oxygens (including phenoxy) is 1. The van der Waals surface area contributed by atoms with Gasteiger partial charge in [-0.05, 0) is 65.4 Å². The van der Waals surface area contributed by atoms with Crippen LogP contribution in [0.2, 0.25) is 0 Å². The highest BCUT2D eigenvalue weighted by Crippen LogP contribution is 2.31. The van der Waals surface area contributed by atoms with Gasteiger partial charge >= 0.3 is 12.1 Å². The van der Waals surface area contributed by atoms with Crippen molar-refractivity contribution in [2.45, 2.75) is 25.1 Å². The summed E-state index contributed by atoms with van der Waals surface area (Å²) in [5, 5.41) is 12.8. The van der Waals surface area contributed by atoms with Crippen molar-refractivity contribution in [1.82, 2.24) is 10.3 Å². The molecule has 9 heteroatoms. The van der Waals surface area contributed by atoms with Gasteiger partial charge < -0.3 is 15.2 Å². The number of nitrogens with zero attached hydrogens (tertiary/aromatic N) is 1. The predicted molar refractivity (Wildman–Crippen MR) is 89.7 cm³/mol. The van der Waals surface area contributed by atoms with Crippen molar-refractivity contribution in [3.8, 4) is 5.75 Å². The van der Waals surface area contributed by atoms with Gasteiger partial charge in [0.25, 0.3) is 0 Å². The number of carbonyl (C=O) groups is 1. The van der Waals surface area contributed by atoms with Crippen molar-refractivity contribution >= 4 is 32.7 Å². The number of nitrogens with one attached hydrogen (secondary N) is 1. The Balaban J connectivity index is 0.000000277. The fourth-order valence-electron chi connectivity index (χ4n) is 2.27. The molecule has 3 rings (SSSR count). The Hall–Kier alpha value is -1.87. The van der Waals surface area contributed by atoms with Crippen molar-refractivity contribution in [2.75, 3.05) is 13.1 Å². The van der Waals surface area contributed by atoms with Crippen LogP contribution in [0, 0.1) is 0 Å². The van der Waals surface area contributed by atoms with Gasteiger partial charge in [-0.25, -0.2) is 4.79 Å². The lowest BCUT2D eigenvalue weighted by molar-refractivity contribution is -0.192. The molecule has 0 aliphatic carbocycles. The Kier molecular flexibility index (Phi) is 6.60. The Labute approximate surface area is 150 Å².